The second-order valence-corrected chi connectivity index (χ2v) is 9.05. The van der Waals surface area contributed by atoms with E-state index in [1.807, 2.05) is 0 Å². The maximum Gasteiger partial charge on any atom is 0.243 e. The maximum atomic E-state index is 12.5. The Bertz CT molecular complexity index is 841. The Morgan fingerprint density at radius 3 is 2.27 bits per heavy atom. The van der Waals surface area contributed by atoms with Crippen LogP contribution in [-0.2, 0) is 26.4 Å². The highest BCUT2D eigenvalue weighted by atomic mass is 32.2. The molecule has 0 unspecified atom stereocenters. The molecule has 0 amide bonds. The standard InChI is InChI=1S/C13H17N3O4S2/c1-15(2)22(19,20)13-6-4-3-5-12(13)21(17,18)10-9-16-8-7-14-11-16/h3-8,11H,9-10H2,1-2H3. The van der Waals surface area contributed by atoms with Gasteiger partial charge in [-0.3, -0.25) is 0 Å². The third kappa shape index (κ3) is 3.37. The lowest BCUT2D eigenvalue weighted by atomic mass is 10.4. The van der Waals surface area contributed by atoms with Crippen molar-refractivity contribution >= 4 is 19.9 Å². The van der Waals surface area contributed by atoms with Crippen LogP contribution in [0.15, 0.2) is 52.8 Å². The average molecular weight is 343 g/mol. The van der Waals surface area contributed by atoms with Gasteiger partial charge in [-0.1, -0.05) is 12.1 Å². The highest BCUT2D eigenvalue weighted by Gasteiger charge is 2.27. The van der Waals surface area contributed by atoms with E-state index in [1.54, 1.807) is 17.0 Å². The van der Waals surface area contributed by atoms with E-state index in [-0.39, 0.29) is 22.1 Å². The van der Waals surface area contributed by atoms with Crippen molar-refractivity contribution in [2.45, 2.75) is 16.3 Å². The van der Waals surface area contributed by atoms with Gasteiger partial charge < -0.3 is 4.57 Å². The molecule has 9 heteroatoms. The number of aromatic nitrogens is 2. The molecule has 2 aromatic rings. The second-order valence-electron chi connectivity index (χ2n) is 4.85. The molecule has 0 spiro atoms. The number of sulfone groups is 1. The van der Waals surface area contributed by atoms with E-state index in [0.29, 0.717) is 0 Å². The predicted octanol–water partition coefficient (Wildman–Crippen LogP) is 0.607. The molecule has 1 aromatic carbocycles. The molecule has 2 rings (SSSR count). The molecule has 120 valence electrons. The minimum Gasteiger partial charge on any atom is -0.336 e. The van der Waals surface area contributed by atoms with E-state index in [1.165, 1.54) is 44.7 Å². The fraction of sp³-hybridized carbons (Fsp3) is 0.308. The van der Waals surface area contributed by atoms with Gasteiger partial charge in [0, 0.05) is 33.0 Å². The Labute approximate surface area is 130 Å². The van der Waals surface area contributed by atoms with Crippen molar-refractivity contribution in [1.82, 2.24) is 13.9 Å². The Hall–Kier alpha value is -1.71. The first-order valence-electron chi connectivity index (χ1n) is 6.45. The summed E-state index contributed by atoms with van der Waals surface area (Å²) in [6.07, 6.45) is 4.72. The van der Waals surface area contributed by atoms with E-state index in [9.17, 15) is 16.8 Å². The zero-order valence-electron chi connectivity index (χ0n) is 12.2. The Kier molecular flexibility index (Phi) is 4.69. The van der Waals surface area contributed by atoms with Gasteiger partial charge in [-0.25, -0.2) is 26.1 Å². The maximum absolute atomic E-state index is 12.5. The molecule has 0 atom stereocenters. The molecule has 22 heavy (non-hydrogen) atoms. The zero-order valence-corrected chi connectivity index (χ0v) is 13.9. The van der Waals surface area contributed by atoms with E-state index in [2.05, 4.69) is 4.98 Å². The van der Waals surface area contributed by atoms with Crippen LogP contribution in [0.3, 0.4) is 0 Å². The van der Waals surface area contributed by atoms with Crippen molar-refractivity contribution in [3.63, 3.8) is 0 Å². The highest BCUT2D eigenvalue weighted by molar-refractivity contribution is 7.93. The largest absolute Gasteiger partial charge is 0.336 e. The van der Waals surface area contributed by atoms with Crippen LogP contribution < -0.4 is 0 Å². The first kappa shape index (κ1) is 16.7. The Morgan fingerprint density at radius 2 is 1.73 bits per heavy atom. The van der Waals surface area contributed by atoms with Gasteiger partial charge >= 0.3 is 0 Å². The van der Waals surface area contributed by atoms with Gasteiger partial charge in [0.15, 0.2) is 9.84 Å². The van der Waals surface area contributed by atoms with Crippen LogP contribution in [0.4, 0.5) is 0 Å². The van der Waals surface area contributed by atoms with Crippen LogP contribution in [0.5, 0.6) is 0 Å². The molecule has 0 aliphatic carbocycles. The quantitative estimate of drug-likeness (QED) is 0.766. The van der Waals surface area contributed by atoms with Crippen molar-refractivity contribution < 1.29 is 16.8 Å². The molecule has 7 nitrogen and oxygen atoms in total. The van der Waals surface area contributed by atoms with Gasteiger partial charge in [0.25, 0.3) is 0 Å². The van der Waals surface area contributed by atoms with Crippen LogP contribution >= 0.6 is 0 Å². The lowest BCUT2D eigenvalue weighted by Gasteiger charge is -2.15. The number of rotatable bonds is 6. The van der Waals surface area contributed by atoms with Gasteiger partial charge in [0.05, 0.1) is 17.0 Å². The summed E-state index contributed by atoms with van der Waals surface area (Å²) in [6.45, 7) is 0.207. The molecular formula is C13H17N3O4S2. The van der Waals surface area contributed by atoms with Gasteiger partial charge in [-0.15, -0.1) is 0 Å². The first-order valence-corrected chi connectivity index (χ1v) is 9.54. The summed E-state index contributed by atoms with van der Waals surface area (Å²) >= 11 is 0. The number of sulfonamides is 1. The average Bonchev–Trinajstić information content (AvgIpc) is 2.98. The molecule has 0 saturated carbocycles. The third-order valence-electron chi connectivity index (χ3n) is 3.12. The summed E-state index contributed by atoms with van der Waals surface area (Å²) < 4.78 is 52.2. The monoisotopic (exact) mass is 343 g/mol. The normalized spacial score (nSPS) is 12.7. The number of benzene rings is 1. The van der Waals surface area contributed by atoms with Gasteiger partial charge in [0.1, 0.15) is 4.90 Å². The predicted molar refractivity (Wildman–Crippen MR) is 81.6 cm³/mol. The Balaban J connectivity index is 2.40. The number of hydrogen-bond donors (Lipinski definition) is 0. The van der Waals surface area contributed by atoms with Crippen molar-refractivity contribution in [1.29, 1.82) is 0 Å². The van der Waals surface area contributed by atoms with E-state index < -0.39 is 19.9 Å². The van der Waals surface area contributed by atoms with Crippen LogP contribution in [-0.4, -0.2) is 50.5 Å². The topological polar surface area (TPSA) is 89.3 Å². The van der Waals surface area contributed by atoms with Crippen LogP contribution in [0.1, 0.15) is 0 Å². The number of imidazole rings is 1. The van der Waals surface area contributed by atoms with Crippen molar-refractivity contribution in [2.75, 3.05) is 19.8 Å². The van der Waals surface area contributed by atoms with Gasteiger partial charge in [0.2, 0.25) is 10.0 Å². The number of aryl methyl sites for hydroxylation is 1. The summed E-state index contributed by atoms with van der Waals surface area (Å²) in [6, 6.07) is 5.64. The molecule has 0 bridgehead atoms. The lowest BCUT2D eigenvalue weighted by molar-refractivity contribution is 0.517. The molecule has 0 aliphatic heterocycles. The van der Waals surface area contributed by atoms with Crippen LogP contribution in [0, 0.1) is 0 Å². The molecule has 1 aromatic heterocycles. The van der Waals surface area contributed by atoms with Crippen LogP contribution in [0.2, 0.25) is 0 Å². The third-order valence-corrected chi connectivity index (χ3v) is 6.87. The first-order chi connectivity index (χ1) is 10.2. The molecule has 1 heterocycles. The SMILES string of the molecule is CN(C)S(=O)(=O)c1ccccc1S(=O)(=O)CCn1ccnc1. The fourth-order valence-electron chi connectivity index (χ4n) is 1.87. The highest BCUT2D eigenvalue weighted by Crippen LogP contribution is 2.24. The molecular weight excluding hydrogens is 326 g/mol. The number of hydrogen-bond acceptors (Lipinski definition) is 5. The molecule has 0 N–H and O–H groups in total. The van der Waals surface area contributed by atoms with E-state index in [4.69, 9.17) is 0 Å². The zero-order chi connectivity index (χ0) is 16.4. The minimum atomic E-state index is -3.83. The molecule has 0 fully saturated rings. The molecule has 0 radical (unpaired) electrons. The summed E-state index contributed by atoms with van der Waals surface area (Å²) in [5.41, 5.74) is 0. The summed E-state index contributed by atoms with van der Waals surface area (Å²) in [5, 5.41) is 0. The summed E-state index contributed by atoms with van der Waals surface area (Å²) in [4.78, 5) is 3.46. The number of nitrogens with zero attached hydrogens (tertiary/aromatic N) is 3. The van der Waals surface area contributed by atoms with Crippen LogP contribution in [0.25, 0.3) is 0 Å². The lowest BCUT2D eigenvalue weighted by Crippen LogP contribution is -2.25. The van der Waals surface area contributed by atoms with Crippen molar-refractivity contribution in [2.24, 2.45) is 0 Å². The smallest absolute Gasteiger partial charge is 0.243 e. The molecule has 0 aliphatic rings. The van der Waals surface area contributed by atoms with E-state index in [0.717, 1.165) is 4.31 Å². The molecule has 0 saturated heterocycles. The van der Waals surface area contributed by atoms with Crippen molar-refractivity contribution in [3.05, 3.63) is 43.0 Å². The Morgan fingerprint density at radius 1 is 1.09 bits per heavy atom. The summed E-state index contributed by atoms with van der Waals surface area (Å²) in [5.74, 6) is -0.205. The fourth-order valence-corrected chi connectivity index (χ4v) is 4.87. The summed E-state index contributed by atoms with van der Waals surface area (Å²) in [7, 11) is -4.84. The second kappa shape index (κ2) is 6.19. The van der Waals surface area contributed by atoms with Gasteiger partial charge in [-0.05, 0) is 12.1 Å². The van der Waals surface area contributed by atoms with Crippen molar-refractivity contribution in [3.8, 4) is 0 Å². The minimum absolute atomic E-state index is 0.177. The van der Waals surface area contributed by atoms with Gasteiger partial charge in [-0.2, -0.15) is 0 Å². The van der Waals surface area contributed by atoms with E-state index >= 15 is 0 Å².